The maximum atomic E-state index is 11.9. The van der Waals surface area contributed by atoms with E-state index in [-0.39, 0.29) is 36.8 Å². The van der Waals surface area contributed by atoms with Crippen molar-refractivity contribution in [2.24, 2.45) is 5.73 Å². The van der Waals surface area contributed by atoms with Gasteiger partial charge in [0.25, 0.3) is 0 Å². The lowest BCUT2D eigenvalue weighted by Gasteiger charge is -2.14. The average Bonchev–Trinajstić information content (AvgIpc) is 2.98. The van der Waals surface area contributed by atoms with Crippen molar-refractivity contribution in [1.82, 2.24) is 10.3 Å². The van der Waals surface area contributed by atoms with Gasteiger partial charge in [0, 0.05) is 24.4 Å². The third-order valence-electron chi connectivity index (χ3n) is 4.05. The molecule has 1 heterocycles. The fraction of sp³-hybridized carbons (Fsp3) is 0.474. The van der Waals surface area contributed by atoms with Crippen LogP contribution < -0.4 is 11.1 Å². The fourth-order valence-electron chi connectivity index (χ4n) is 2.51. The summed E-state index contributed by atoms with van der Waals surface area (Å²) in [5.74, 6) is 0.563. The van der Waals surface area contributed by atoms with Gasteiger partial charge in [0.1, 0.15) is 0 Å². The predicted octanol–water partition coefficient (Wildman–Crippen LogP) is 4.56. The summed E-state index contributed by atoms with van der Waals surface area (Å²) in [4.78, 5) is 16.3. The maximum absolute atomic E-state index is 11.9. The van der Waals surface area contributed by atoms with Crippen molar-refractivity contribution < 1.29 is 4.79 Å². The smallest absolute Gasteiger partial charge is 0.220 e. The molecule has 26 heavy (non-hydrogen) atoms. The number of hydrogen-bond acceptors (Lipinski definition) is 4. The molecule has 1 aromatic carbocycles. The SMILES string of the molecule is Cc1nc(CCCC(=O)NCC(N)c2ccc(C(C)C)cc2)cs1.Cl.Cl. The highest BCUT2D eigenvalue weighted by Crippen LogP contribution is 2.17. The molecule has 0 fully saturated rings. The number of carbonyl (C=O) groups is 1. The summed E-state index contributed by atoms with van der Waals surface area (Å²) in [6.45, 7) is 6.80. The van der Waals surface area contributed by atoms with Gasteiger partial charge in [-0.2, -0.15) is 0 Å². The minimum Gasteiger partial charge on any atom is -0.354 e. The zero-order valence-electron chi connectivity index (χ0n) is 15.5. The van der Waals surface area contributed by atoms with Crippen LogP contribution in [-0.4, -0.2) is 17.4 Å². The van der Waals surface area contributed by atoms with Crippen LogP contribution in [0.4, 0.5) is 0 Å². The van der Waals surface area contributed by atoms with Crippen molar-refractivity contribution >= 4 is 42.1 Å². The van der Waals surface area contributed by atoms with Crippen LogP contribution in [0.15, 0.2) is 29.6 Å². The second kappa shape index (κ2) is 12.3. The average molecular weight is 418 g/mol. The van der Waals surface area contributed by atoms with E-state index < -0.39 is 0 Å². The monoisotopic (exact) mass is 417 g/mol. The number of hydrogen-bond donors (Lipinski definition) is 2. The molecule has 0 radical (unpaired) electrons. The summed E-state index contributed by atoms with van der Waals surface area (Å²) in [6, 6.07) is 8.15. The van der Waals surface area contributed by atoms with Crippen molar-refractivity contribution in [3.8, 4) is 0 Å². The van der Waals surface area contributed by atoms with E-state index in [4.69, 9.17) is 5.73 Å². The second-order valence-electron chi connectivity index (χ2n) is 6.44. The number of thiazole rings is 1. The summed E-state index contributed by atoms with van der Waals surface area (Å²) in [5, 5.41) is 6.06. The molecule has 1 amide bonds. The van der Waals surface area contributed by atoms with Gasteiger partial charge < -0.3 is 11.1 Å². The molecule has 7 heteroatoms. The Labute approximate surface area is 172 Å². The number of nitrogens with two attached hydrogens (primary N) is 1. The van der Waals surface area contributed by atoms with Crippen molar-refractivity contribution in [2.45, 2.75) is 52.0 Å². The van der Waals surface area contributed by atoms with Gasteiger partial charge >= 0.3 is 0 Å². The number of carbonyl (C=O) groups excluding carboxylic acids is 1. The van der Waals surface area contributed by atoms with Crippen LogP contribution in [0, 0.1) is 6.92 Å². The Morgan fingerprint density at radius 2 is 1.81 bits per heavy atom. The summed E-state index contributed by atoms with van der Waals surface area (Å²) in [5.41, 5.74) is 9.60. The van der Waals surface area contributed by atoms with E-state index in [9.17, 15) is 4.79 Å². The van der Waals surface area contributed by atoms with Crippen LogP contribution in [0.5, 0.6) is 0 Å². The molecule has 0 aliphatic carbocycles. The predicted molar refractivity (Wildman–Crippen MR) is 115 cm³/mol. The van der Waals surface area contributed by atoms with E-state index >= 15 is 0 Å². The second-order valence-corrected chi connectivity index (χ2v) is 7.51. The lowest BCUT2D eigenvalue weighted by Crippen LogP contribution is -2.31. The number of halogens is 2. The molecule has 1 unspecified atom stereocenters. The third kappa shape index (κ3) is 8.04. The van der Waals surface area contributed by atoms with Gasteiger partial charge in [0.2, 0.25) is 5.91 Å². The molecular weight excluding hydrogens is 389 g/mol. The van der Waals surface area contributed by atoms with E-state index in [0.29, 0.717) is 18.9 Å². The van der Waals surface area contributed by atoms with E-state index in [1.165, 1.54) is 5.56 Å². The third-order valence-corrected chi connectivity index (χ3v) is 4.88. The maximum Gasteiger partial charge on any atom is 0.220 e. The first kappa shape index (κ1) is 24.9. The summed E-state index contributed by atoms with van der Waals surface area (Å²) >= 11 is 1.65. The number of rotatable bonds is 8. The first-order valence-electron chi connectivity index (χ1n) is 8.49. The minimum atomic E-state index is -0.170. The molecule has 146 valence electrons. The Hall–Kier alpha value is -1.14. The quantitative estimate of drug-likeness (QED) is 0.661. The van der Waals surface area contributed by atoms with Crippen molar-refractivity contribution in [1.29, 1.82) is 0 Å². The van der Waals surface area contributed by atoms with Gasteiger partial charge in [-0.05, 0) is 36.8 Å². The molecule has 1 atom stereocenters. The van der Waals surface area contributed by atoms with Gasteiger partial charge in [0.15, 0.2) is 0 Å². The Balaban J connectivity index is 0.00000312. The molecule has 2 aromatic rings. The van der Waals surface area contributed by atoms with E-state index in [1.54, 1.807) is 11.3 Å². The van der Waals surface area contributed by atoms with Crippen molar-refractivity contribution in [3.63, 3.8) is 0 Å². The standard InChI is InChI=1S/C19H27N3OS.2ClH/c1-13(2)15-7-9-16(10-8-15)18(20)11-21-19(23)6-4-5-17-12-24-14(3)22-17;;/h7-10,12-13,18H,4-6,11,20H2,1-3H3,(H,21,23);2*1H. The minimum absolute atomic E-state index is 0. The number of benzene rings is 1. The van der Waals surface area contributed by atoms with Gasteiger partial charge in [-0.15, -0.1) is 36.2 Å². The van der Waals surface area contributed by atoms with Crippen LogP contribution in [0.2, 0.25) is 0 Å². The molecular formula is C19H29Cl2N3OS. The molecule has 3 N–H and O–H groups in total. The summed E-state index contributed by atoms with van der Waals surface area (Å²) in [7, 11) is 0. The molecule has 0 bridgehead atoms. The molecule has 0 saturated carbocycles. The summed E-state index contributed by atoms with van der Waals surface area (Å²) < 4.78 is 0. The number of aromatic nitrogens is 1. The number of nitrogens with zero attached hydrogens (tertiary/aromatic N) is 1. The molecule has 2 rings (SSSR count). The lowest BCUT2D eigenvalue weighted by atomic mass is 9.99. The molecule has 0 aliphatic heterocycles. The Kier molecular flexibility index (Phi) is 11.7. The van der Waals surface area contributed by atoms with Gasteiger partial charge in [-0.3, -0.25) is 4.79 Å². The molecule has 0 aliphatic rings. The number of aryl methyl sites for hydroxylation is 2. The molecule has 4 nitrogen and oxygen atoms in total. The Bertz CT molecular complexity index is 659. The van der Waals surface area contributed by atoms with Gasteiger partial charge in [-0.1, -0.05) is 38.1 Å². The first-order valence-corrected chi connectivity index (χ1v) is 9.37. The lowest BCUT2D eigenvalue weighted by molar-refractivity contribution is -0.121. The highest BCUT2D eigenvalue weighted by atomic mass is 35.5. The van der Waals surface area contributed by atoms with Gasteiger partial charge in [-0.25, -0.2) is 4.98 Å². The van der Waals surface area contributed by atoms with Crippen molar-refractivity contribution in [2.75, 3.05) is 6.54 Å². The van der Waals surface area contributed by atoms with Crippen LogP contribution in [0.25, 0.3) is 0 Å². The first-order chi connectivity index (χ1) is 11.5. The van der Waals surface area contributed by atoms with Crippen LogP contribution in [0.3, 0.4) is 0 Å². The van der Waals surface area contributed by atoms with Crippen LogP contribution in [-0.2, 0) is 11.2 Å². The highest BCUT2D eigenvalue weighted by Gasteiger charge is 2.09. The number of amides is 1. The number of nitrogens with one attached hydrogen (secondary N) is 1. The zero-order chi connectivity index (χ0) is 17.5. The molecule has 1 aromatic heterocycles. The Morgan fingerprint density at radius 1 is 1.19 bits per heavy atom. The van der Waals surface area contributed by atoms with Crippen LogP contribution >= 0.6 is 36.2 Å². The fourth-order valence-corrected chi connectivity index (χ4v) is 3.16. The largest absolute Gasteiger partial charge is 0.354 e. The molecule has 0 saturated heterocycles. The van der Waals surface area contributed by atoms with E-state index in [0.717, 1.165) is 29.1 Å². The van der Waals surface area contributed by atoms with Gasteiger partial charge in [0.05, 0.1) is 10.7 Å². The zero-order valence-corrected chi connectivity index (χ0v) is 18.0. The van der Waals surface area contributed by atoms with Crippen LogP contribution in [0.1, 0.15) is 60.5 Å². The highest BCUT2D eigenvalue weighted by molar-refractivity contribution is 7.09. The summed E-state index contributed by atoms with van der Waals surface area (Å²) in [6.07, 6.45) is 2.17. The van der Waals surface area contributed by atoms with E-state index in [1.807, 2.05) is 6.92 Å². The van der Waals surface area contributed by atoms with E-state index in [2.05, 4.69) is 53.8 Å². The topological polar surface area (TPSA) is 68.0 Å². The molecule has 0 spiro atoms. The normalized spacial score (nSPS) is 11.4. The Morgan fingerprint density at radius 3 is 2.35 bits per heavy atom. The van der Waals surface area contributed by atoms with Crippen molar-refractivity contribution in [3.05, 3.63) is 51.5 Å².